The van der Waals surface area contributed by atoms with Crippen LogP contribution in [0.3, 0.4) is 0 Å². The van der Waals surface area contributed by atoms with E-state index in [2.05, 4.69) is 22.2 Å². The molecule has 0 bridgehead atoms. The van der Waals surface area contributed by atoms with Crippen LogP contribution in [0.15, 0.2) is 6.33 Å². The van der Waals surface area contributed by atoms with Crippen molar-refractivity contribution in [2.75, 3.05) is 11.9 Å². The monoisotopic (exact) mass is 257 g/mol. The van der Waals surface area contributed by atoms with Gasteiger partial charge < -0.3 is 10.4 Å². The van der Waals surface area contributed by atoms with Crippen molar-refractivity contribution in [3.63, 3.8) is 0 Å². The van der Waals surface area contributed by atoms with Crippen LogP contribution in [0, 0.1) is 0 Å². The van der Waals surface area contributed by atoms with E-state index in [1.165, 1.54) is 6.33 Å². The Hall–Kier alpha value is -0.870. The van der Waals surface area contributed by atoms with Gasteiger partial charge in [0.2, 0.25) is 0 Å². The number of aliphatic hydroxyl groups excluding tert-OH is 1. The lowest BCUT2D eigenvalue weighted by molar-refractivity contribution is 0.164. The second-order valence-corrected chi connectivity index (χ2v) is 4.38. The van der Waals surface area contributed by atoms with E-state index in [0.717, 1.165) is 30.6 Å². The second kappa shape index (κ2) is 7.45. The van der Waals surface area contributed by atoms with Crippen LogP contribution in [0.25, 0.3) is 0 Å². The van der Waals surface area contributed by atoms with Crippen molar-refractivity contribution in [3.8, 4) is 0 Å². The van der Waals surface area contributed by atoms with E-state index in [0.29, 0.717) is 18.1 Å². The van der Waals surface area contributed by atoms with Gasteiger partial charge in [-0.05, 0) is 19.3 Å². The van der Waals surface area contributed by atoms with Crippen molar-refractivity contribution >= 4 is 17.4 Å². The van der Waals surface area contributed by atoms with Gasteiger partial charge in [-0.3, -0.25) is 0 Å². The standard InChI is InChI=1S/C12H20ClN3O/c1-3-5-10-11(13)15-8-16-12(10)14-7-6-9(17)4-2/h8-9,17H,3-7H2,1-2H3,(H,14,15,16). The quantitative estimate of drug-likeness (QED) is 0.738. The molecule has 1 rings (SSSR count). The lowest BCUT2D eigenvalue weighted by Crippen LogP contribution is -2.14. The maximum absolute atomic E-state index is 9.46. The average molecular weight is 258 g/mol. The lowest BCUT2D eigenvalue weighted by Gasteiger charge is -2.12. The van der Waals surface area contributed by atoms with Crippen molar-refractivity contribution in [2.45, 2.75) is 45.6 Å². The zero-order chi connectivity index (χ0) is 12.7. The van der Waals surface area contributed by atoms with Gasteiger partial charge in [0.1, 0.15) is 17.3 Å². The Morgan fingerprint density at radius 2 is 2.18 bits per heavy atom. The number of rotatable bonds is 7. The molecule has 0 aliphatic heterocycles. The van der Waals surface area contributed by atoms with Gasteiger partial charge in [-0.15, -0.1) is 0 Å². The van der Waals surface area contributed by atoms with Crippen LogP contribution in [0.4, 0.5) is 5.82 Å². The fraction of sp³-hybridized carbons (Fsp3) is 0.667. The molecule has 1 atom stereocenters. The molecule has 17 heavy (non-hydrogen) atoms. The minimum absolute atomic E-state index is 0.255. The average Bonchev–Trinajstić information content (AvgIpc) is 2.33. The summed E-state index contributed by atoms with van der Waals surface area (Å²) in [7, 11) is 0. The summed E-state index contributed by atoms with van der Waals surface area (Å²) in [5, 5.41) is 13.2. The number of nitrogens with zero attached hydrogens (tertiary/aromatic N) is 2. The fourth-order valence-corrected chi connectivity index (χ4v) is 1.80. The highest BCUT2D eigenvalue weighted by Crippen LogP contribution is 2.21. The summed E-state index contributed by atoms with van der Waals surface area (Å²) in [6.07, 6.45) is 4.55. The molecule has 5 heteroatoms. The molecule has 0 aliphatic carbocycles. The molecule has 1 aromatic heterocycles. The van der Waals surface area contributed by atoms with Crippen molar-refractivity contribution < 1.29 is 5.11 Å². The first-order valence-electron chi connectivity index (χ1n) is 6.10. The third-order valence-corrected chi connectivity index (χ3v) is 2.96. The minimum atomic E-state index is -0.255. The van der Waals surface area contributed by atoms with Gasteiger partial charge in [-0.25, -0.2) is 9.97 Å². The number of aliphatic hydroxyl groups is 1. The van der Waals surface area contributed by atoms with Crippen LogP contribution in [0.1, 0.15) is 38.7 Å². The Kier molecular flexibility index (Phi) is 6.22. The summed E-state index contributed by atoms with van der Waals surface area (Å²) >= 11 is 6.04. The molecule has 1 aromatic rings. The number of hydrogen-bond donors (Lipinski definition) is 2. The number of nitrogens with one attached hydrogen (secondary N) is 1. The van der Waals surface area contributed by atoms with Gasteiger partial charge >= 0.3 is 0 Å². The molecule has 0 aliphatic rings. The van der Waals surface area contributed by atoms with Gasteiger partial charge in [0, 0.05) is 12.1 Å². The molecule has 4 nitrogen and oxygen atoms in total. The third kappa shape index (κ3) is 4.48. The maximum atomic E-state index is 9.46. The predicted octanol–water partition coefficient (Wildman–Crippen LogP) is 2.66. The number of halogens is 1. The molecule has 2 N–H and O–H groups in total. The maximum Gasteiger partial charge on any atom is 0.137 e. The van der Waals surface area contributed by atoms with E-state index in [-0.39, 0.29) is 6.10 Å². The molecule has 96 valence electrons. The summed E-state index contributed by atoms with van der Waals surface area (Å²) in [4.78, 5) is 8.18. The Bertz CT molecular complexity index is 347. The van der Waals surface area contributed by atoms with Crippen LogP contribution < -0.4 is 5.32 Å². The lowest BCUT2D eigenvalue weighted by atomic mass is 10.1. The van der Waals surface area contributed by atoms with Gasteiger partial charge in [0.15, 0.2) is 0 Å². The highest BCUT2D eigenvalue weighted by atomic mass is 35.5. The smallest absolute Gasteiger partial charge is 0.137 e. The van der Waals surface area contributed by atoms with E-state index < -0.39 is 0 Å². The molecule has 1 heterocycles. The molecular weight excluding hydrogens is 238 g/mol. The first kappa shape index (κ1) is 14.2. The van der Waals surface area contributed by atoms with Crippen LogP contribution in [-0.4, -0.2) is 27.7 Å². The molecule has 0 fully saturated rings. The Morgan fingerprint density at radius 3 is 2.82 bits per heavy atom. The van der Waals surface area contributed by atoms with E-state index in [4.69, 9.17) is 11.6 Å². The van der Waals surface area contributed by atoms with Crippen molar-refractivity contribution in [1.82, 2.24) is 9.97 Å². The normalized spacial score (nSPS) is 12.5. The van der Waals surface area contributed by atoms with Crippen LogP contribution in [0.2, 0.25) is 5.15 Å². The van der Waals surface area contributed by atoms with E-state index >= 15 is 0 Å². The Balaban J connectivity index is 2.60. The largest absolute Gasteiger partial charge is 0.393 e. The summed E-state index contributed by atoms with van der Waals surface area (Å²) in [6.45, 7) is 4.75. The second-order valence-electron chi connectivity index (χ2n) is 4.02. The molecule has 0 radical (unpaired) electrons. The van der Waals surface area contributed by atoms with Crippen molar-refractivity contribution in [2.24, 2.45) is 0 Å². The zero-order valence-electron chi connectivity index (χ0n) is 10.4. The molecule has 0 aromatic carbocycles. The minimum Gasteiger partial charge on any atom is -0.393 e. The first-order chi connectivity index (χ1) is 8.19. The predicted molar refractivity (Wildman–Crippen MR) is 70.4 cm³/mol. The van der Waals surface area contributed by atoms with Crippen LogP contribution in [0.5, 0.6) is 0 Å². The third-order valence-electron chi connectivity index (χ3n) is 2.63. The van der Waals surface area contributed by atoms with Gasteiger partial charge in [-0.1, -0.05) is 31.9 Å². The highest BCUT2D eigenvalue weighted by Gasteiger charge is 2.09. The summed E-state index contributed by atoms with van der Waals surface area (Å²) < 4.78 is 0. The van der Waals surface area contributed by atoms with E-state index in [1.807, 2.05) is 6.92 Å². The van der Waals surface area contributed by atoms with Gasteiger partial charge in [-0.2, -0.15) is 0 Å². The molecule has 1 unspecified atom stereocenters. The van der Waals surface area contributed by atoms with Gasteiger partial charge in [0.25, 0.3) is 0 Å². The topological polar surface area (TPSA) is 58.0 Å². The molecule has 0 amide bonds. The van der Waals surface area contributed by atoms with Crippen molar-refractivity contribution in [1.29, 1.82) is 0 Å². The Labute approximate surface area is 107 Å². The van der Waals surface area contributed by atoms with Crippen molar-refractivity contribution in [3.05, 3.63) is 17.0 Å². The molecule has 0 saturated carbocycles. The van der Waals surface area contributed by atoms with E-state index in [1.54, 1.807) is 0 Å². The molecule has 0 saturated heterocycles. The summed E-state index contributed by atoms with van der Waals surface area (Å²) in [6, 6.07) is 0. The molecular formula is C12H20ClN3O. The first-order valence-corrected chi connectivity index (χ1v) is 6.48. The van der Waals surface area contributed by atoms with Crippen LogP contribution >= 0.6 is 11.6 Å². The number of hydrogen-bond acceptors (Lipinski definition) is 4. The number of aromatic nitrogens is 2. The summed E-state index contributed by atoms with van der Waals surface area (Å²) in [5.74, 6) is 0.787. The van der Waals surface area contributed by atoms with E-state index in [9.17, 15) is 5.11 Å². The zero-order valence-corrected chi connectivity index (χ0v) is 11.2. The fourth-order valence-electron chi connectivity index (χ4n) is 1.58. The SMILES string of the molecule is CCCc1c(Cl)ncnc1NCCC(O)CC. The molecule has 0 spiro atoms. The van der Waals surface area contributed by atoms with Crippen LogP contribution in [-0.2, 0) is 6.42 Å². The Morgan fingerprint density at radius 1 is 1.41 bits per heavy atom. The number of anilines is 1. The summed E-state index contributed by atoms with van der Waals surface area (Å²) in [5.41, 5.74) is 0.961. The van der Waals surface area contributed by atoms with Gasteiger partial charge in [0.05, 0.1) is 6.10 Å². The highest BCUT2D eigenvalue weighted by molar-refractivity contribution is 6.30.